The van der Waals surface area contributed by atoms with E-state index < -0.39 is 0 Å². The van der Waals surface area contributed by atoms with Crippen LogP contribution in [-0.4, -0.2) is 52.0 Å². The molecule has 2 aliphatic rings. The second-order valence-electron chi connectivity index (χ2n) is 9.18. The Morgan fingerprint density at radius 2 is 1.91 bits per heavy atom. The van der Waals surface area contributed by atoms with Crippen LogP contribution < -0.4 is 15.0 Å². The van der Waals surface area contributed by atoms with E-state index in [2.05, 4.69) is 28.0 Å². The lowest BCUT2D eigenvalue weighted by Crippen LogP contribution is -2.21. The molecule has 1 saturated heterocycles. The average Bonchev–Trinajstić information content (AvgIpc) is 3.53. The van der Waals surface area contributed by atoms with Crippen molar-refractivity contribution in [2.45, 2.75) is 51.1 Å². The summed E-state index contributed by atoms with van der Waals surface area (Å²) in [6.45, 7) is 4.84. The van der Waals surface area contributed by atoms with Crippen molar-refractivity contribution >= 4 is 11.0 Å². The molecule has 5 rings (SSSR count). The van der Waals surface area contributed by atoms with E-state index in [0.29, 0.717) is 17.3 Å². The van der Waals surface area contributed by atoms with Gasteiger partial charge in [0.25, 0.3) is 5.56 Å². The molecular weight excluding hydrogens is 406 g/mol. The lowest BCUT2D eigenvalue weighted by atomic mass is 9.97. The zero-order chi connectivity index (χ0) is 22.2. The van der Waals surface area contributed by atoms with Crippen molar-refractivity contribution in [2.75, 3.05) is 27.3 Å². The summed E-state index contributed by atoms with van der Waals surface area (Å²) in [5.74, 6) is 2.82. The van der Waals surface area contributed by atoms with E-state index in [9.17, 15) is 4.79 Å². The Hall–Kier alpha value is -2.87. The van der Waals surface area contributed by atoms with Crippen LogP contribution in [0.5, 0.6) is 11.5 Å². The second-order valence-corrected chi connectivity index (χ2v) is 9.18. The number of H-pyrrole nitrogens is 1. The van der Waals surface area contributed by atoms with Gasteiger partial charge in [0.15, 0.2) is 17.1 Å². The van der Waals surface area contributed by atoms with E-state index in [1.165, 1.54) is 18.4 Å². The minimum atomic E-state index is -0.0835. The maximum atomic E-state index is 12.8. The third-order valence-electron chi connectivity index (χ3n) is 7.05. The van der Waals surface area contributed by atoms with Gasteiger partial charge in [-0.3, -0.25) is 9.69 Å². The molecule has 0 spiro atoms. The van der Waals surface area contributed by atoms with Crippen molar-refractivity contribution in [3.63, 3.8) is 0 Å². The SMILES string of the molecule is COc1ccc(CN2C[C@@H](C)[C@H](c3nc4c(cnn4C4CCCC4)c(=O)[nH]3)C2)cc1OC. The third-order valence-corrected chi connectivity index (χ3v) is 7.05. The van der Waals surface area contributed by atoms with Crippen LogP contribution in [0.15, 0.2) is 29.2 Å². The molecule has 0 bridgehead atoms. The number of rotatable bonds is 6. The maximum Gasteiger partial charge on any atom is 0.262 e. The van der Waals surface area contributed by atoms with Crippen LogP contribution >= 0.6 is 0 Å². The second kappa shape index (κ2) is 8.58. The Morgan fingerprint density at radius 3 is 2.66 bits per heavy atom. The molecule has 3 aromatic rings. The average molecular weight is 438 g/mol. The number of hydrogen-bond donors (Lipinski definition) is 1. The smallest absolute Gasteiger partial charge is 0.262 e. The van der Waals surface area contributed by atoms with E-state index in [-0.39, 0.29) is 11.5 Å². The maximum absolute atomic E-state index is 12.8. The largest absolute Gasteiger partial charge is 0.493 e. The van der Waals surface area contributed by atoms with E-state index >= 15 is 0 Å². The summed E-state index contributed by atoms with van der Waals surface area (Å²) in [5.41, 5.74) is 1.83. The van der Waals surface area contributed by atoms with Crippen LogP contribution in [0.2, 0.25) is 0 Å². The molecule has 32 heavy (non-hydrogen) atoms. The van der Waals surface area contributed by atoms with Gasteiger partial charge in [0.2, 0.25) is 0 Å². The van der Waals surface area contributed by atoms with Gasteiger partial charge in [-0.1, -0.05) is 25.8 Å². The van der Waals surface area contributed by atoms with Gasteiger partial charge in [0, 0.05) is 25.6 Å². The minimum absolute atomic E-state index is 0.0835. The van der Waals surface area contributed by atoms with Crippen LogP contribution in [0.25, 0.3) is 11.0 Å². The molecule has 1 saturated carbocycles. The number of aromatic amines is 1. The van der Waals surface area contributed by atoms with Crippen molar-refractivity contribution in [1.82, 2.24) is 24.6 Å². The van der Waals surface area contributed by atoms with E-state index in [1.54, 1.807) is 20.4 Å². The zero-order valence-electron chi connectivity index (χ0n) is 19.0. The fourth-order valence-electron chi connectivity index (χ4n) is 5.33. The summed E-state index contributed by atoms with van der Waals surface area (Å²) < 4.78 is 12.8. The highest BCUT2D eigenvalue weighted by Crippen LogP contribution is 2.34. The molecular formula is C24H31N5O3. The molecule has 1 N–H and O–H groups in total. The van der Waals surface area contributed by atoms with E-state index in [0.717, 1.165) is 55.4 Å². The molecule has 3 heterocycles. The molecule has 0 radical (unpaired) electrons. The molecule has 8 nitrogen and oxygen atoms in total. The summed E-state index contributed by atoms with van der Waals surface area (Å²) in [5, 5.41) is 5.12. The normalized spacial score (nSPS) is 22.1. The molecule has 0 unspecified atom stereocenters. The Morgan fingerprint density at radius 1 is 1.12 bits per heavy atom. The number of nitrogens with zero attached hydrogens (tertiary/aromatic N) is 4. The molecule has 1 aliphatic carbocycles. The van der Waals surface area contributed by atoms with Gasteiger partial charge in [0.1, 0.15) is 11.2 Å². The zero-order valence-corrected chi connectivity index (χ0v) is 19.0. The Balaban J connectivity index is 1.38. The van der Waals surface area contributed by atoms with Crippen LogP contribution in [0.4, 0.5) is 0 Å². The topological polar surface area (TPSA) is 85.3 Å². The number of likely N-dealkylation sites (tertiary alicyclic amines) is 1. The summed E-state index contributed by atoms with van der Waals surface area (Å²) in [7, 11) is 3.30. The summed E-state index contributed by atoms with van der Waals surface area (Å²) in [4.78, 5) is 23.2. The molecule has 0 amide bonds. The summed E-state index contributed by atoms with van der Waals surface area (Å²) in [6, 6.07) is 6.41. The van der Waals surface area contributed by atoms with Gasteiger partial charge in [-0.05, 0) is 36.5 Å². The Kier molecular flexibility index (Phi) is 5.63. The first-order valence-corrected chi connectivity index (χ1v) is 11.5. The number of methoxy groups -OCH3 is 2. The fraction of sp³-hybridized carbons (Fsp3) is 0.542. The van der Waals surface area contributed by atoms with Crippen molar-refractivity contribution in [3.05, 3.63) is 46.1 Å². The van der Waals surface area contributed by atoms with Gasteiger partial charge < -0.3 is 14.5 Å². The highest BCUT2D eigenvalue weighted by Gasteiger charge is 2.33. The molecule has 8 heteroatoms. The molecule has 1 aliphatic heterocycles. The standard InChI is InChI=1S/C24H31N5O3/c1-15-12-28(13-16-8-9-20(31-2)21(10-16)32-3)14-19(15)22-26-23-18(24(30)27-22)11-25-29(23)17-6-4-5-7-17/h8-11,15,17,19H,4-7,12-14H2,1-3H3,(H,26,27,30)/t15-,19-/m1/s1. The molecule has 2 atom stereocenters. The van der Waals surface area contributed by atoms with Crippen molar-refractivity contribution in [2.24, 2.45) is 5.92 Å². The van der Waals surface area contributed by atoms with Crippen LogP contribution in [-0.2, 0) is 6.54 Å². The van der Waals surface area contributed by atoms with Crippen LogP contribution in [0, 0.1) is 5.92 Å². The van der Waals surface area contributed by atoms with Crippen LogP contribution in [0.3, 0.4) is 0 Å². The van der Waals surface area contributed by atoms with Gasteiger partial charge in [-0.2, -0.15) is 5.10 Å². The number of nitrogens with one attached hydrogen (secondary N) is 1. The lowest BCUT2D eigenvalue weighted by molar-refractivity contribution is 0.316. The molecule has 1 aromatic carbocycles. The monoisotopic (exact) mass is 437 g/mol. The third kappa shape index (κ3) is 3.77. The highest BCUT2D eigenvalue weighted by atomic mass is 16.5. The van der Waals surface area contributed by atoms with Crippen LogP contribution in [0.1, 0.15) is 56.0 Å². The predicted octanol–water partition coefficient (Wildman–Crippen LogP) is 3.49. The first-order chi connectivity index (χ1) is 15.6. The first kappa shape index (κ1) is 21.0. The number of ether oxygens (including phenoxy) is 2. The van der Waals surface area contributed by atoms with Gasteiger partial charge in [-0.25, -0.2) is 9.67 Å². The Labute approximate surface area is 187 Å². The van der Waals surface area contributed by atoms with Crippen molar-refractivity contribution in [1.29, 1.82) is 0 Å². The molecule has 170 valence electrons. The van der Waals surface area contributed by atoms with Gasteiger partial charge in [-0.15, -0.1) is 0 Å². The Bertz CT molecular complexity index is 1160. The van der Waals surface area contributed by atoms with Gasteiger partial charge >= 0.3 is 0 Å². The quantitative estimate of drug-likeness (QED) is 0.635. The highest BCUT2D eigenvalue weighted by molar-refractivity contribution is 5.73. The van der Waals surface area contributed by atoms with Gasteiger partial charge in [0.05, 0.1) is 26.5 Å². The van der Waals surface area contributed by atoms with E-state index in [4.69, 9.17) is 14.5 Å². The van der Waals surface area contributed by atoms with Crippen molar-refractivity contribution < 1.29 is 9.47 Å². The number of aromatic nitrogens is 4. The summed E-state index contributed by atoms with van der Waals surface area (Å²) in [6.07, 6.45) is 6.32. The predicted molar refractivity (Wildman–Crippen MR) is 122 cm³/mol. The number of fused-ring (bicyclic) bond motifs is 1. The molecule has 2 aromatic heterocycles. The molecule has 2 fully saturated rings. The number of hydrogen-bond acceptors (Lipinski definition) is 6. The first-order valence-electron chi connectivity index (χ1n) is 11.5. The van der Waals surface area contributed by atoms with E-state index in [1.807, 2.05) is 16.8 Å². The van der Waals surface area contributed by atoms with Crippen molar-refractivity contribution in [3.8, 4) is 11.5 Å². The fourth-order valence-corrected chi connectivity index (χ4v) is 5.33. The number of benzene rings is 1. The lowest BCUT2D eigenvalue weighted by Gasteiger charge is -2.17. The summed E-state index contributed by atoms with van der Waals surface area (Å²) >= 11 is 0. The minimum Gasteiger partial charge on any atom is -0.493 e.